The highest BCUT2D eigenvalue weighted by atomic mass is 19.1. The van der Waals surface area contributed by atoms with Gasteiger partial charge in [0.15, 0.2) is 0 Å². The zero-order valence-corrected chi connectivity index (χ0v) is 19.4. The summed E-state index contributed by atoms with van der Waals surface area (Å²) >= 11 is 0. The number of aryl methyl sites for hydroxylation is 2. The van der Waals surface area contributed by atoms with Gasteiger partial charge in [0.1, 0.15) is 17.5 Å². The summed E-state index contributed by atoms with van der Waals surface area (Å²) in [4.78, 5) is 26.9. The number of rotatable bonds is 5. The number of hydrogen-bond acceptors (Lipinski definition) is 5. The topological polar surface area (TPSA) is 67.2 Å². The van der Waals surface area contributed by atoms with Crippen molar-refractivity contribution in [3.05, 3.63) is 70.2 Å². The maximum atomic E-state index is 13.8. The van der Waals surface area contributed by atoms with Crippen molar-refractivity contribution < 1.29 is 9.18 Å². The standard InChI is InChI=1S/C25H29FN6O/c1-16-21-9-10-23(33)32(14-18-6-4-7-20(26)12-18)25(21)29-24(28-16)22-8-5-11-31(22)15-19-13-27-30(3)17(19)2/h4,6-7,12-13,22H,5,8-11,14-15H2,1-3H3/t22-/m1/s1. The van der Waals surface area contributed by atoms with Crippen molar-refractivity contribution in [2.24, 2.45) is 7.05 Å². The van der Waals surface area contributed by atoms with Crippen LogP contribution < -0.4 is 4.90 Å². The molecule has 0 spiro atoms. The second kappa shape index (κ2) is 8.67. The molecule has 8 heteroatoms. The van der Waals surface area contributed by atoms with Crippen molar-refractivity contribution in [2.45, 2.75) is 58.7 Å². The first-order valence-corrected chi connectivity index (χ1v) is 11.5. The Hall–Kier alpha value is -3.13. The van der Waals surface area contributed by atoms with E-state index in [-0.39, 0.29) is 17.8 Å². The minimum absolute atomic E-state index is 0.0186. The van der Waals surface area contributed by atoms with E-state index < -0.39 is 0 Å². The van der Waals surface area contributed by atoms with E-state index in [0.717, 1.165) is 54.3 Å². The normalized spacial score (nSPS) is 18.7. The highest BCUT2D eigenvalue weighted by Crippen LogP contribution is 2.36. The molecule has 1 atom stereocenters. The average molecular weight is 449 g/mol. The van der Waals surface area contributed by atoms with Crippen LogP contribution >= 0.6 is 0 Å². The molecule has 5 rings (SSSR count). The van der Waals surface area contributed by atoms with Gasteiger partial charge in [0.05, 0.1) is 18.8 Å². The molecule has 1 amide bonds. The van der Waals surface area contributed by atoms with Crippen LogP contribution in [-0.4, -0.2) is 37.1 Å². The Balaban J connectivity index is 1.47. The predicted octanol–water partition coefficient (Wildman–Crippen LogP) is 3.78. The maximum Gasteiger partial charge on any atom is 0.228 e. The van der Waals surface area contributed by atoms with Gasteiger partial charge in [-0.3, -0.25) is 19.3 Å². The fourth-order valence-corrected chi connectivity index (χ4v) is 4.96. The number of nitrogens with zero attached hydrogens (tertiary/aromatic N) is 6. The zero-order valence-electron chi connectivity index (χ0n) is 19.4. The van der Waals surface area contributed by atoms with Gasteiger partial charge < -0.3 is 0 Å². The minimum Gasteiger partial charge on any atom is -0.292 e. The zero-order chi connectivity index (χ0) is 23.1. The molecule has 2 aliphatic rings. The van der Waals surface area contributed by atoms with E-state index in [2.05, 4.69) is 16.9 Å². The molecule has 4 heterocycles. The van der Waals surface area contributed by atoms with Crippen molar-refractivity contribution in [2.75, 3.05) is 11.4 Å². The highest BCUT2D eigenvalue weighted by Gasteiger charge is 2.33. The number of benzene rings is 1. The number of aromatic nitrogens is 4. The summed E-state index contributed by atoms with van der Waals surface area (Å²) in [5.41, 5.74) is 5.07. The molecular weight excluding hydrogens is 419 g/mol. The minimum atomic E-state index is -0.302. The van der Waals surface area contributed by atoms with E-state index in [1.807, 2.05) is 30.9 Å². The van der Waals surface area contributed by atoms with Crippen molar-refractivity contribution in [3.8, 4) is 0 Å². The van der Waals surface area contributed by atoms with Gasteiger partial charge in [0.2, 0.25) is 5.91 Å². The number of carbonyl (C=O) groups is 1. The monoisotopic (exact) mass is 448 g/mol. The summed E-state index contributed by atoms with van der Waals surface area (Å²) in [6.45, 7) is 6.18. The quantitative estimate of drug-likeness (QED) is 0.594. The summed E-state index contributed by atoms with van der Waals surface area (Å²) in [5, 5.41) is 4.38. The summed E-state index contributed by atoms with van der Waals surface area (Å²) in [6, 6.07) is 6.51. The molecule has 0 N–H and O–H groups in total. The first-order valence-electron chi connectivity index (χ1n) is 11.5. The summed E-state index contributed by atoms with van der Waals surface area (Å²) in [5.74, 6) is 1.17. The van der Waals surface area contributed by atoms with Crippen LogP contribution in [0.15, 0.2) is 30.5 Å². The molecule has 1 fully saturated rings. The third kappa shape index (κ3) is 4.15. The lowest BCUT2D eigenvalue weighted by Crippen LogP contribution is -2.37. The van der Waals surface area contributed by atoms with Crippen molar-refractivity contribution in [3.63, 3.8) is 0 Å². The second-order valence-corrected chi connectivity index (χ2v) is 9.09. The Morgan fingerprint density at radius 2 is 2.00 bits per heavy atom. The van der Waals surface area contributed by atoms with Crippen LogP contribution in [0.5, 0.6) is 0 Å². The smallest absolute Gasteiger partial charge is 0.228 e. The summed E-state index contributed by atoms with van der Waals surface area (Å²) in [7, 11) is 1.96. The Labute approximate surface area is 193 Å². The number of anilines is 1. The lowest BCUT2D eigenvalue weighted by molar-refractivity contribution is -0.119. The van der Waals surface area contributed by atoms with E-state index in [9.17, 15) is 9.18 Å². The predicted molar refractivity (Wildman–Crippen MR) is 123 cm³/mol. The molecule has 1 saturated heterocycles. The number of amides is 1. The van der Waals surface area contributed by atoms with Gasteiger partial charge >= 0.3 is 0 Å². The molecule has 0 bridgehead atoms. The van der Waals surface area contributed by atoms with Crippen LogP contribution in [-0.2, 0) is 31.4 Å². The van der Waals surface area contributed by atoms with Gasteiger partial charge in [-0.25, -0.2) is 14.4 Å². The molecule has 172 valence electrons. The Morgan fingerprint density at radius 1 is 1.15 bits per heavy atom. The third-order valence-electron chi connectivity index (χ3n) is 6.96. The fourth-order valence-electron chi connectivity index (χ4n) is 4.96. The molecule has 3 aromatic rings. The van der Waals surface area contributed by atoms with Crippen molar-refractivity contribution in [1.29, 1.82) is 0 Å². The van der Waals surface area contributed by atoms with E-state index in [1.165, 1.54) is 17.7 Å². The van der Waals surface area contributed by atoms with E-state index in [0.29, 0.717) is 25.2 Å². The number of fused-ring (bicyclic) bond motifs is 1. The SMILES string of the molecule is Cc1nc([C@H]2CCCN2Cc2cnn(C)c2C)nc2c1CCC(=O)N2Cc1cccc(F)c1. The van der Waals surface area contributed by atoms with Crippen molar-refractivity contribution >= 4 is 11.7 Å². The second-order valence-electron chi connectivity index (χ2n) is 9.09. The number of carbonyl (C=O) groups excluding carboxylic acids is 1. The molecule has 0 aliphatic carbocycles. The summed E-state index contributed by atoms with van der Waals surface area (Å²) in [6.07, 6.45) is 5.05. The van der Waals surface area contributed by atoms with Gasteiger partial charge in [-0.15, -0.1) is 0 Å². The maximum absolute atomic E-state index is 13.8. The van der Waals surface area contributed by atoms with Crippen LogP contribution in [0.3, 0.4) is 0 Å². The van der Waals surface area contributed by atoms with Crippen LogP contribution in [0.25, 0.3) is 0 Å². The van der Waals surface area contributed by atoms with Crippen LogP contribution in [0, 0.1) is 19.7 Å². The molecule has 0 unspecified atom stereocenters. The fraction of sp³-hybridized carbons (Fsp3) is 0.440. The van der Waals surface area contributed by atoms with Gasteiger partial charge in [0.25, 0.3) is 0 Å². The largest absolute Gasteiger partial charge is 0.292 e. The third-order valence-corrected chi connectivity index (χ3v) is 6.96. The summed E-state index contributed by atoms with van der Waals surface area (Å²) < 4.78 is 15.7. The van der Waals surface area contributed by atoms with E-state index >= 15 is 0 Å². The molecule has 2 aromatic heterocycles. The average Bonchev–Trinajstić information content (AvgIpc) is 3.38. The Bertz CT molecular complexity index is 1210. The molecule has 2 aliphatic heterocycles. The van der Waals surface area contributed by atoms with Crippen LogP contribution in [0.2, 0.25) is 0 Å². The van der Waals surface area contributed by atoms with E-state index in [1.54, 1.807) is 11.0 Å². The number of likely N-dealkylation sites (tertiary alicyclic amines) is 1. The Morgan fingerprint density at radius 3 is 2.76 bits per heavy atom. The van der Waals surface area contributed by atoms with Gasteiger partial charge in [-0.1, -0.05) is 12.1 Å². The van der Waals surface area contributed by atoms with E-state index in [4.69, 9.17) is 9.97 Å². The van der Waals surface area contributed by atoms with Crippen molar-refractivity contribution in [1.82, 2.24) is 24.6 Å². The molecular formula is C25H29FN6O. The highest BCUT2D eigenvalue weighted by molar-refractivity contribution is 5.95. The number of halogens is 1. The first-order chi connectivity index (χ1) is 15.9. The lowest BCUT2D eigenvalue weighted by Gasteiger charge is -2.31. The van der Waals surface area contributed by atoms with Gasteiger partial charge in [-0.2, -0.15) is 5.10 Å². The molecule has 33 heavy (non-hydrogen) atoms. The van der Waals surface area contributed by atoms with Crippen LogP contribution in [0.1, 0.15) is 59.2 Å². The van der Waals surface area contributed by atoms with Gasteiger partial charge in [0, 0.05) is 42.5 Å². The lowest BCUT2D eigenvalue weighted by atomic mass is 10.0. The molecule has 0 saturated carbocycles. The Kier molecular flexibility index (Phi) is 5.70. The van der Waals surface area contributed by atoms with Gasteiger partial charge in [-0.05, 0) is 57.4 Å². The van der Waals surface area contributed by atoms with Crippen LogP contribution in [0.4, 0.5) is 10.2 Å². The first kappa shape index (κ1) is 21.7. The molecule has 1 aromatic carbocycles. The molecule has 0 radical (unpaired) electrons. The molecule has 7 nitrogen and oxygen atoms in total. The number of hydrogen-bond donors (Lipinski definition) is 0.